The topological polar surface area (TPSA) is 76.7 Å². The lowest BCUT2D eigenvalue weighted by Crippen LogP contribution is -2.45. The number of carbonyl (C=O) groups is 2. The number of halogens is 1. The van der Waals surface area contributed by atoms with Crippen LogP contribution in [0.3, 0.4) is 0 Å². The lowest BCUT2D eigenvalue weighted by molar-refractivity contribution is -0.131. The Morgan fingerprint density at radius 1 is 0.923 bits per heavy atom. The Hall–Kier alpha value is -2.54. The van der Waals surface area contributed by atoms with Crippen molar-refractivity contribution in [1.82, 2.24) is 10.9 Å². The van der Waals surface area contributed by atoms with Crippen LogP contribution in [0.4, 0.5) is 0 Å². The summed E-state index contributed by atoms with van der Waals surface area (Å²) < 4.78 is 11.8. The Morgan fingerprint density at radius 2 is 1.50 bits per heavy atom. The van der Waals surface area contributed by atoms with Crippen molar-refractivity contribution in [3.05, 3.63) is 57.6 Å². The molecule has 0 saturated carbocycles. The number of ether oxygens (including phenoxy) is 2. The molecule has 0 radical (unpaired) electrons. The van der Waals surface area contributed by atoms with Crippen molar-refractivity contribution in [2.45, 2.75) is 20.8 Å². The van der Waals surface area contributed by atoms with Gasteiger partial charge in [0.25, 0.3) is 11.8 Å². The Bertz CT molecular complexity index is 785. The molecule has 2 aromatic carbocycles. The largest absolute Gasteiger partial charge is 0.484 e. The predicted octanol–water partition coefficient (Wildman–Crippen LogP) is 2.98. The number of hydrogen-bond donors (Lipinski definition) is 2. The molecule has 0 bridgehead atoms. The van der Waals surface area contributed by atoms with E-state index in [-0.39, 0.29) is 13.2 Å². The van der Waals surface area contributed by atoms with E-state index in [0.717, 1.165) is 21.2 Å². The van der Waals surface area contributed by atoms with E-state index >= 15 is 0 Å². The van der Waals surface area contributed by atoms with Gasteiger partial charge in [-0.15, -0.1) is 0 Å². The summed E-state index contributed by atoms with van der Waals surface area (Å²) in [4.78, 5) is 23.6. The van der Waals surface area contributed by atoms with Gasteiger partial charge in [-0.05, 0) is 61.7 Å². The van der Waals surface area contributed by atoms with Crippen molar-refractivity contribution in [3.8, 4) is 11.5 Å². The molecule has 0 aliphatic carbocycles. The van der Waals surface area contributed by atoms with E-state index in [2.05, 4.69) is 26.8 Å². The van der Waals surface area contributed by atoms with E-state index in [4.69, 9.17) is 9.47 Å². The van der Waals surface area contributed by atoms with Crippen LogP contribution in [0.25, 0.3) is 0 Å². The van der Waals surface area contributed by atoms with Crippen LogP contribution in [0.2, 0.25) is 0 Å². The molecule has 0 atom stereocenters. The zero-order valence-corrected chi connectivity index (χ0v) is 16.5. The smallest absolute Gasteiger partial charge is 0.276 e. The SMILES string of the molecule is Cc1cccc(OCC(=O)NNC(=O)COc2c(C)cc(Br)cc2C)c1. The lowest BCUT2D eigenvalue weighted by Gasteiger charge is -2.13. The number of benzene rings is 2. The highest BCUT2D eigenvalue weighted by Gasteiger charge is 2.10. The van der Waals surface area contributed by atoms with Crippen LogP contribution in [-0.4, -0.2) is 25.0 Å². The summed E-state index contributed by atoms with van der Waals surface area (Å²) in [6.45, 7) is 5.32. The monoisotopic (exact) mass is 420 g/mol. The van der Waals surface area contributed by atoms with Crippen molar-refractivity contribution >= 4 is 27.7 Å². The van der Waals surface area contributed by atoms with E-state index in [1.165, 1.54) is 0 Å². The molecule has 6 nitrogen and oxygen atoms in total. The first kappa shape index (κ1) is 19.8. The number of hydrogen-bond acceptors (Lipinski definition) is 4. The molecule has 0 heterocycles. The summed E-state index contributed by atoms with van der Waals surface area (Å²) in [6.07, 6.45) is 0. The molecule has 26 heavy (non-hydrogen) atoms. The van der Waals surface area contributed by atoms with Crippen molar-refractivity contribution in [3.63, 3.8) is 0 Å². The molecule has 0 aliphatic rings. The normalized spacial score (nSPS) is 10.2. The number of hydrazine groups is 1. The minimum absolute atomic E-state index is 0.199. The summed E-state index contributed by atoms with van der Waals surface area (Å²) >= 11 is 3.41. The van der Waals surface area contributed by atoms with Crippen molar-refractivity contribution in [2.24, 2.45) is 0 Å². The lowest BCUT2D eigenvalue weighted by atomic mass is 10.1. The molecule has 0 unspecified atom stereocenters. The average molecular weight is 421 g/mol. The van der Waals surface area contributed by atoms with Crippen molar-refractivity contribution in [2.75, 3.05) is 13.2 Å². The molecule has 0 saturated heterocycles. The van der Waals surface area contributed by atoms with E-state index in [1.54, 1.807) is 6.07 Å². The standard InChI is InChI=1S/C19H21BrN2O4/c1-12-5-4-6-16(7-12)25-10-17(23)21-22-18(24)11-26-19-13(2)8-15(20)9-14(19)3/h4-9H,10-11H2,1-3H3,(H,21,23)(H,22,24). The minimum atomic E-state index is -0.462. The third-order valence-corrected chi connectivity index (χ3v) is 3.93. The van der Waals surface area contributed by atoms with Gasteiger partial charge < -0.3 is 9.47 Å². The summed E-state index contributed by atoms with van der Waals surface area (Å²) in [5, 5.41) is 0. The summed E-state index contributed by atoms with van der Waals surface area (Å²) in [5.41, 5.74) is 7.46. The minimum Gasteiger partial charge on any atom is -0.484 e. The third kappa shape index (κ3) is 6.07. The van der Waals surface area contributed by atoms with Gasteiger partial charge in [-0.1, -0.05) is 28.1 Å². The van der Waals surface area contributed by atoms with Gasteiger partial charge >= 0.3 is 0 Å². The maximum absolute atomic E-state index is 11.8. The maximum atomic E-state index is 11.8. The molecule has 2 rings (SSSR count). The van der Waals surface area contributed by atoms with Gasteiger partial charge in [-0.2, -0.15) is 0 Å². The second-order valence-electron chi connectivity index (χ2n) is 5.86. The van der Waals surface area contributed by atoms with Gasteiger partial charge in [0.05, 0.1) is 0 Å². The van der Waals surface area contributed by atoms with Crippen LogP contribution in [0, 0.1) is 20.8 Å². The molecule has 2 amide bonds. The Kier molecular flexibility index (Phi) is 7.03. The summed E-state index contributed by atoms with van der Waals surface area (Å²) in [5.74, 6) is 0.319. The first-order valence-electron chi connectivity index (χ1n) is 8.02. The molecule has 0 spiro atoms. The van der Waals surface area contributed by atoms with Crippen molar-refractivity contribution < 1.29 is 19.1 Å². The number of aryl methyl sites for hydroxylation is 3. The molecule has 0 aliphatic heterocycles. The molecular weight excluding hydrogens is 400 g/mol. The molecule has 2 N–H and O–H groups in total. The number of nitrogens with one attached hydrogen (secondary N) is 2. The maximum Gasteiger partial charge on any atom is 0.276 e. The van der Waals surface area contributed by atoms with E-state index < -0.39 is 11.8 Å². The third-order valence-electron chi connectivity index (χ3n) is 3.47. The van der Waals surface area contributed by atoms with Crippen LogP contribution in [0.1, 0.15) is 16.7 Å². The van der Waals surface area contributed by atoms with Gasteiger partial charge in [0.2, 0.25) is 0 Å². The second kappa shape index (κ2) is 9.24. The fourth-order valence-corrected chi connectivity index (χ4v) is 3.02. The fourth-order valence-electron chi connectivity index (χ4n) is 2.33. The molecule has 0 fully saturated rings. The highest BCUT2D eigenvalue weighted by molar-refractivity contribution is 9.10. The fraction of sp³-hybridized carbons (Fsp3) is 0.263. The zero-order chi connectivity index (χ0) is 19.1. The predicted molar refractivity (Wildman–Crippen MR) is 102 cm³/mol. The van der Waals surface area contributed by atoms with E-state index in [0.29, 0.717) is 11.5 Å². The Labute approximate surface area is 161 Å². The van der Waals surface area contributed by atoms with Gasteiger partial charge in [0.1, 0.15) is 11.5 Å². The van der Waals surface area contributed by atoms with Crippen LogP contribution in [0.15, 0.2) is 40.9 Å². The summed E-state index contributed by atoms with van der Waals surface area (Å²) in [7, 11) is 0. The molecule has 138 valence electrons. The molecule has 0 aromatic heterocycles. The van der Waals surface area contributed by atoms with Gasteiger partial charge in [0.15, 0.2) is 13.2 Å². The van der Waals surface area contributed by atoms with Gasteiger partial charge in [-0.3, -0.25) is 20.4 Å². The van der Waals surface area contributed by atoms with Crippen LogP contribution in [-0.2, 0) is 9.59 Å². The number of rotatable bonds is 6. The average Bonchev–Trinajstić information content (AvgIpc) is 2.57. The molecule has 2 aromatic rings. The second-order valence-corrected chi connectivity index (χ2v) is 6.77. The number of amides is 2. The molecular formula is C19H21BrN2O4. The van der Waals surface area contributed by atoms with Crippen LogP contribution >= 0.6 is 15.9 Å². The quantitative estimate of drug-likeness (QED) is 0.704. The first-order chi connectivity index (χ1) is 12.3. The van der Waals surface area contributed by atoms with Crippen molar-refractivity contribution in [1.29, 1.82) is 0 Å². The van der Waals surface area contributed by atoms with Gasteiger partial charge in [0, 0.05) is 4.47 Å². The highest BCUT2D eigenvalue weighted by Crippen LogP contribution is 2.27. The first-order valence-corrected chi connectivity index (χ1v) is 8.81. The Morgan fingerprint density at radius 3 is 2.08 bits per heavy atom. The zero-order valence-electron chi connectivity index (χ0n) is 14.9. The van der Waals surface area contributed by atoms with E-state index in [1.807, 2.05) is 51.1 Å². The summed E-state index contributed by atoms with van der Waals surface area (Å²) in [6, 6.07) is 11.2. The molecule has 7 heteroatoms. The van der Waals surface area contributed by atoms with E-state index in [9.17, 15) is 9.59 Å². The van der Waals surface area contributed by atoms with Gasteiger partial charge in [-0.25, -0.2) is 0 Å². The highest BCUT2D eigenvalue weighted by atomic mass is 79.9. The number of carbonyl (C=O) groups excluding carboxylic acids is 2. The van der Waals surface area contributed by atoms with Crippen LogP contribution in [0.5, 0.6) is 11.5 Å². The Balaban J connectivity index is 1.74. The van der Waals surface area contributed by atoms with Crippen LogP contribution < -0.4 is 20.3 Å².